The van der Waals surface area contributed by atoms with Gasteiger partial charge in [-0.3, -0.25) is 14.3 Å². The van der Waals surface area contributed by atoms with Crippen LogP contribution >= 0.6 is 0 Å². The summed E-state index contributed by atoms with van der Waals surface area (Å²) in [6.45, 7) is 5.24. The number of hydrogen-bond acceptors (Lipinski definition) is 4. The van der Waals surface area contributed by atoms with Crippen molar-refractivity contribution in [2.45, 2.75) is 26.7 Å². The molecule has 6 heteroatoms. The summed E-state index contributed by atoms with van der Waals surface area (Å²) in [6.07, 6.45) is 3.09. The molecule has 0 atom stereocenters. The number of piperidine rings is 1. The van der Waals surface area contributed by atoms with Crippen molar-refractivity contribution < 1.29 is 14.3 Å². The van der Waals surface area contributed by atoms with E-state index in [2.05, 4.69) is 5.10 Å². The molecule has 1 saturated heterocycles. The van der Waals surface area contributed by atoms with Crippen LogP contribution in [0.5, 0.6) is 0 Å². The fourth-order valence-corrected chi connectivity index (χ4v) is 2.56. The zero-order chi connectivity index (χ0) is 14.7. The van der Waals surface area contributed by atoms with Gasteiger partial charge in [0.15, 0.2) is 0 Å². The van der Waals surface area contributed by atoms with E-state index in [9.17, 15) is 9.59 Å². The normalized spacial score (nSPS) is 16.2. The molecule has 1 aromatic rings. The lowest BCUT2D eigenvalue weighted by Gasteiger charge is -2.30. The first-order valence-corrected chi connectivity index (χ1v) is 6.99. The zero-order valence-electron chi connectivity index (χ0n) is 12.3. The van der Waals surface area contributed by atoms with E-state index in [1.54, 1.807) is 22.8 Å². The number of carbonyl (C=O) groups is 2. The van der Waals surface area contributed by atoms with E-state index >= 15 is 0 Å². The van der Waals surface area contributed by atoms with Crippen LogP contribution in [0.3, 0.4) is 0 Å². The molecule has 110 valence electrons. The molecule has 6 nitrogen and oxygen atoms in total. The molecular formula is C14H21N3O3. The molecule has 20 heavy (non-hydrogen) atoms. The van der Waals surface area contributed by atoms with Crippen molar-refractivity contribution in [2.75, 3.05) is 19.7 Å². The largest absolute Gasteiger partial charge is 0.466 e. The van der Waals surface area contributed by atoms with Crippen molar-refractivity contribution in [3.8, 4) is 0 Å². The van der Waals surface area contributed by atoms with Crippen LogP contribution in [-0.4, -0.2) is 46.3 Å². The van der Waals surface area contributed by atoms with Gasteiger partial charge in [0.1, 0.15) is 0 Å². The summed E-state index contributed by atoms with van der Waals surface area (Å²) in [5.41, 5.74) is 1.38. The molecule has 0 saturated carbocycles. The number of nitrogens with zero attached hydrogens (tertiary/aromatic N) is 3. The number of esters is 1. The first-order valence-electron chi connectivity index (χ1n) is 6.99. The molecule has 1 aromatic heterocycles. The van der Waals surface area contributed by atoms with Crippen molar-refractivity contribution in [2.24, 2.45) is 13.0 Å². The summed E-state index contributed by atoms with van der Waals surface area (Å²) in [5, 5.41) is 4.19. The van der Waals surface area contributed by atoms with Gasteiger partial charge in [-0.05, 0) is 26.7 Å². The number of aryl methyl sites for hydroxylation is 2. The smallest absolute Gasteiger partial charge is 0.309 e. The molecule has 0 aromatic carbocycles. The van der Waals surface area contributed by atoms with Gasteiger partial charge < -0.3 is 9.64 Å². The van der Waals surface area contributed by atoms with Crippen molar-refractivity contribution in [1.29, 1.82) is 0 Å². The van der Waals surface area contributed by atoms with Gasteiger partial charge in [-0.15, -0.1) is 0 Å². The summed E-state index contributed by atoms with van der Waals surface area (Å²) in [6, 6.07) is 0. The highest BCUT2D eigenvalue weighted by molar-refractivity contribution is 5.95. The molecule has 0 unspecified atom stereocenters. The minimum absolute atomic E-state index is 0.00194. The third kappa shape index (κ3) is 3.00. The van der Waals surface area contributed by atoms with Crippen LogP contribution in [0.4, 0.5) is 0 Å². The van der Waals surface area contributed by atoms with Gasteiger partial charge in [-0.25, -0.2) is 0 Å². The second kappa shape index (κ2) is 6.07. The molecular weight excluding hydrogens is 258 g/mol. The first-order chi connectivity index (χ1) is 9.52. The van der Waals surface area contributed by atoms with E-state index in [-0.39, 0.29) is 17.8 Å². The summed E-state index contributed by atoms with van der Waals surface area (Å²) in [5.74, 6) is -0.218. The minimum Gasteiger partial charge on any atom is -0.466 e. The lowest BCUT2D eigenvalue weighted by Crippen LogP contribution is -2.40. The van der Waals surface area contributed by atoms with Crippen LogP contribution in [0.2, 0.25) is 0 Å². The number of carbonyl (C=O) groups excluding carboxylic acids is 2. The summed E-state index contributed by atoms with van der Waals surface area (Å²) in [7, 11) is 1.80. The quantitative estimate of drug-likeness (QED) is 0.778. The number of rotatable bonds is 3. The summed E-state index contributed by atoms with van der Waals surface area (Å²) in [4.78, 5) is 25.8. The number of aromatic nitrogens is 2. The van der Waals surface area contributed by atoms with E-state index < -0.39 is 0 Å². The van der Waals surface area contributed by atoms with Gasteiger partial charge in [-0.2, -0.15) is 5.10 Å². The maximum Gasteiger partial charge on any atom is 0.309 e. The van der Waals surface area contributed by atoms with Crippen molar-refractivity contribution in [3.05, 3.63) is 17.5 Å². The predicted octanol–water partition coefficient (Wildman–Crippen LogP) is 1.14. The standard InChI is InChI=1S/C14H21N3O3/c1-4-20-14(19)11-5-7-17(8-6-11)13(18)12-9-16(3)15-10(12)2/h9,11H,4-8H2,1-3H3. The Morgan fingerprint density at radius 3 is 2.55 bits per heavy atom. The van der Waals surface area contributed by atoms with Crippen LogP contribution < -0.4 is 0 Å². The summed E-state index contributed by atoms with van der Waals surface area (Å²) >= 11 is 0. The van der Waals surface area contributed by atoms with Crippen LogP contribution in [0.1, 0.15) is 35.8 Å². The second-order valence-electron chi connectivity index (χ2n) is 5.12. The number of ether oxygens (including phenoxy) is 1. The predicted molar refractivity (Wildman–Crippen MR) is 73.2 cm³/mol. The second-order valence-corrected chi connectivity index (χ2v) is 5.12. The highest BCUT2D eigenvalue weighted by Crippen LogP contribution is 2.21. The Kier molecular flexibility index (Phi) is 4.42. The minimum atomic E-state index is -0.142. The highest BCUT2D eigenvalue weighted by Gasteiger charge is 2.29. The SMILES string of the molecule is CCOC(=O)C1CCN(C(=O)c2cn(C)nc2C)CC1. The fourth-order valence-electron chi connectivity index (χ4n) is 2.56. The number of amides is 1. The number of likely N-dealkylation sites (tertiary alicyclic amines) is 1. The molecule has 0 bridgehead atoms. The van der Waals surface area contributed by atoms with Crippen molar-refractivity contribution >= 4 is 11.9 Å². The first kappa shape index (κ1) is 14.6. The van der Waals surface area contributed by atoms with Crippen LogP contribution in [0, 0.1) is 12.8 Å². The molecule has 0 aliphatic carbocycles. The molecule has 0 radical (unpaired) electrons. The third-order valence-electron chi connectivity index (χ3n) is 3.65. The molecule has 1 aliphatic rings. The van der Waals surface area contributed by atoms with Gasteiger partial charge >= 0.3 is 5.97 Å². The lowest BCUT2D eigenvalue weighted by molar-refractivity contribution is -0.149. The van der Waals surface area contributed by atoms with Gasteiger partial charge in [0.2, 0.25) is 0 Å². The maximum atomic E-state index is 12.4. The molecule has 1 aliphatic heterocycles. The summed E-state index contributed by atoms with van der Waals surface area (Å²) < 4.78 is 6.68. The maximum absolute atomic E-state index is 12.4. The Bertz CT molecular complexity index is 502. The average Bonchev–Trinajstić information content (AvgIpc) is 2.77. The van der Waals surface area contributed by atoms with Crippen molar-refractivity contribution in [1.82, 2.24) is 14.7 Å². The Labute approximate surface area is 118 Å². The van der Waals surface area contributed by atoms with E-state index in [0.29, 0.717) is 38.1 Å². The van der Waals surface area contributed by atoms with Gasteiger partial charge in [0, 0.05) is 26.3 Å². The van der Waals surface area contributed by atoms with Crippen LogP contribution in [0.15, 0.2) is 6.20 Å². The molecule has 0 spiro atoms. The van der Waals surface area contributed by atoms with E-state index in [1.165, 1.54) is 0 Å². The topological polar surface area (TPSA) is 64.4 Å². The zero-order valence-corrected chi connectivity index (χ0v) is 12.3. The molecule has 1 amide bonds. The number of hydrogen-bond donors (Lipinski definition) is 0. The third-order valence-corrected chi connectivity index (χ3v) is 3.65. The Balaban J connectivity index is 1.95. The Hall–Kier alpha value is -1.85. The van der Waals surface area contributed by atoms with E-state index in [1.807, 2.05) is 13.8 Å². The van der Waals surface area contributed by atoms with Gasteiger partial charge in [0.05, 0.1) is 23.8 Å². The molecule has 2 rings (SSSR count). The molecule has 1 fully saturated rings. The Morgan fingerprint density at radius 1 is 1.40 bits per heavy atom. The van der Waals surface area contributed by atoms with Gasteiger partial charge in [-0.1, -0.05) is 0 Å². The average molecular weight is 279 g/mol. The monoisotopic (exact) mass is 279 g/mol. The van der Waals surface area contributed by atoms with E-state index in [4.69, 9.17) is 4.74 Å². The Morgan fingerprint density at radius 2 is 2.05 bits per heavy atom. The lowest BCUT2D eigenvalue weighted by atomic mass is 9.96. The van der Waals surface area contributed by atoms with Gasteiger partial charge in [0.25, 0.3) is 5.91 Å². The van der Waals surface area contributed by atoms with E-state index in [0.717, 1.165) is 5.69 Å². The van der Waals surface area contributed by atoms with Crippen molar-refractivity contribution in [3.63, 3.8) is 0 Å². The highest BCUT2D eigenvalue weighted by atomic mass is 16.5. The molecule has 0 N–H and O–H groups in total. The fraction of sp³-hybridized carbons (Fsp3) is 0.643. The van der Waals surface area contributed by atoms with Crippen LogP contribution in [-0.2, 0) is 16.6 Å². The van der Waals surface area contributed by atoms with Crippen LogP contribution in [0.25, 0.3) is 0 Å². The molecule has 2 heterocycles.